The van der Waals surface area contributed by atoms with Gasteiger partial charge in [-0.3, -0.25) is 9.38 Å². The Bertz CT molecular complexity index is 501. The van der Waals surface area contributed by atoms with Gasteiger partial charge in [-0.15, -0.1) is 0 Å². The van der Waals surface area contributed by atoms with E-state index in [1.54, 1.807) is 6.20 Å². The van der Waals surface area contributed by atoms with E-state index >= 15 is 0 Å². The summed E-state index contributed by atoms with van der Waals surface area (Å²) in [5.74, 6) is 0.686. The topological polar surface area (TPSA) is 50.4 Å². The number of aromatic hydroxyl groups is 1. The second-order valence-corrected chi connectivity index (χ2v) is 3.86. The Labute approximate surface area is 109 Å². The van der Waals surface area contributed by atoms with Crippen LogP contribution >= 0.6 is 0 Å². The third-order valence-electron chi connectivity index (χ3n) is 2.61. The minimum absolute atomic E-state index is 0.0582. The van der Waals surface area contributed by atoms with Crippen LogP contribution in [0.2, 0.25) is 0 Å². The molecule has 0 atom stereocenters. The molecular formula is C14H23N3O. The van der Waals surface area contributed by atoms with Crippen molar-refractivity contribution in [1.82, 2.24) is 14.4 Å². The zero-order valence-electron chi connectivity index (χ0n) is 11.9. The van der Waals surface area contributed by atoms with Crippen molar-refractivity contribution in [2.24, 2.45) is 0 Å². The first-order valence-electron chi connectivity index (χ1n) is 6.79. The summed E-state index contributed by atoms with van der Waals surface area (Å²) in [6.45, 7) is 9.92. The van der Waals surface area contributed by atoms with E-state index in [0.717, 1.165) is 17.0 Å². The number of hydrogen-bond acceptors (Lipinski definition) is 3. The molecule has 0 radical (unpaired) electrons. The molecule has 0 bridgehead atoms. The number of aryl methyl sites for hydroxylation is 1. The molecule has 2 aromatic heterocycles. The number of imidazole rings is 1. The SMILES string of the molecule is CC.CC.Cc1nc(C2CC2)cn2cc(O)nc12. The lowest BCUT2D eigenvalue weighted by atomic mass is 10.3. The first-order valence-corrected chi connectivity index (χ1v) is 6.79. The van der Waals surface area contributed by atoms with Crippen molar-refractivity contribution < 1.29 is 5.11 Å². The maximum absolute atomic E-state index is 9.27. The van der Waals surface area contributed by atoms with Gasteiger partial charge in [0.1, 0.15) is 0 Å². The van der Waals surface area contributed by atoms with E-state index in [2.05, 4.69) is 9.97 Å². The van der Waals surface area contributed by atoms with Gasteiger partial charge in [-0.2, -0.15) is 4.98 Å². The van der Waals surface area contributed by atoms with Gasteiger partial charge in [-0.1, -0.05) is 27.7 Å². The van der Waals surface area contributed by atoms with E-state index in [1.807, 2.05) is 45.2 Å². The first-order chi connectivity index (χ1) is 8.74. The molecule has 18 heavy (non-hydrogen) atoms. The van der Waals surface area contributed by atoms with Gasteiger partial charge in [-0.05, 0) is 19.8 Å². The highest BCUT2D eigenvalue weighted by atomic mass is 16.3. The molecule has 1 fully saturated rings. The highest BCUT2D eigenvalue weighted by molar-refractivity contribution is 5.46. The van der Waals surface area contributed by atoms with Crippen molar-refractivity contribution in [2.75, 3.05) is 0 Å². The molecule has 2 heterocycles. The lowest BCUT2D eigenvalue weighted by molar-refractivity contribution is 0.457. The molecule has 1 saturated carbocycles. The minimum Gasteiger partial charge on any atom is -0.492 e. The fraction of sp³-hybridized carbons (Fsp3) is 0.571. The largest absolute Gasteiger partial charge is 0.492 e. The smallest absolute Gasteiger partial charge is 0.230 e. The Morgan fingerprint density at radius 3 is 2.28 bits per heavy atom. The first kappa shape index (κ1) is 14.5. The molecule has 4 nitrogen and oxygen atoms in total. The normalized spacial score (nSPS) is 13.4. The molecule has 4 heteroatoms. The third-order valence-corrected chi connectivity index (χ3v) is 2.61. The second kappa shape index (κ2) is 6.38. The Hall–Kier alpha value is -1.58. The van der Waals surface area contributed by atoms with E-state index in [1.165, 1.54) is 12.8 Å². The summed E-state index contributed by atoms with van der Waals surface area (Å²) in [6, 6.07) is 0. The van der Waals surface area contributed by atoms with Crippen LogP contribution in [0.15, 0.2) is 12.4 Å². The quantitative estimate of drug-likeness (QED) is 0.838. The molecule has 3 rings (SSSR count). The van der Waals surface area contributed by atoms with Gasteiger partial charge in [0.25, 0.3) is 0 Å². The van der Waals surface area contributed by atoms with Gasteiger partial charge >= 0.3 is 0 Å². The standard InChI is InChI=1S/C10H11N3O.2C2H6/c1-6-10-12-9(14)5-13(10)4-8(11-6)7-2-3-7;2*1-2/h4-5,7,14H,2-3H2,1H3;2*1-2H3. The van der Waals surface area contributed by atoms with Crippen LogP contribution in [0.4, 0.5) is 0 Å². The van der Waals surface area contributed by atoms with Crippen LogP contribution in [0, 0.1) is 6.92 Å². The summed E-state index contributed by atoms with van der Waals surface area (Å²) in [6.07, 6.45) is 6.06. The number of fused-ring (bicyclic) bond motifs is 1. The van der Waals surface area contributed by atoms with Crippen molar-refractivity contribution in [3.05, 3.63) is 23.8 Å². The summed E-state index contributed by atoms with van der Waals surface area (Å²) in [5, 5.41) is 9.27. The predicted molar refractivity (Wildman–Crippen MR) is 74.1 cm³/mol. The number of aromatic nitrogens is 3. The zero-order valence-corrected chi connectivity index (χ0v) is 11.9. The van der Waals surface area contributed by atoms with Gasteiger partial charge in [0.2, 0.25) is 5.88 Å². The Balaban J connectivity index is 0.000000371. The Morgan fingerprint density at radius 1 is 1.11 bits per heavy atom. The molecule has 2 aromatic rings. The fourth-order valence-electron chi connectivity index (χ4n) is 1.74. The number of hydrogen-bond donors (Lipinski definition) is 1. The zero-order chi connectivity index (χ0) is 13.7. The molecule has 0 spiro atoms. The van der Waals surface area contributed by atoms with Crippen LogP contribution < -0.4 is 0 Å². The van der Waals surface area contributed by atoms with Crippen molar-refractivity contribution >= 4 is 5.65 Å². The predicted octanol–water partition coefficient (Wildman–Crippen LogP) is 3.67. The van der Waals surface area contributed by atoms with Crippen molar-refractivity contribution in [1.29, 1.82) is 0 Å². The van der Waals surface area contributed by atoms with Crippen molar-refractivity contribution in [3.63, 3.8) is 0 Å². The Morgan fingerprint density at radius 2 is 1.72 bits per heavy atom. The van der Waals surface area contributed by atoms with E-state index in [0.29, 0.717) is 5.92 Å². The monoisotopic (exact) mass is 249 g/mol. The summed E-state index contributed by atoms with van der Waals surface area (Å²) in [4.78, 5) is 8.47. The summed E-state index contributed by atoms with van der Waals surface area (Å²) >= 11 is 0. The van der Waals surface area contributed by atoms with Gasteiger partial charge in [0, 0.05) is 12.1 Å². The molecule has 100 valence electrons. The Kier molecular flexibility index (Phi) is 5.13. The van der Waals surface area contributed by atoms with E-state index in [-0.39, 0.29) is 5.88 Å². The molecule has 1 aliphatic rings. The van der Waals surface area contributed by atoms with E-state index in [9.17, 15) is 5.11 Å². The number of rotatable bonds is 1. The number of nitrogens with zero attached hydrogens (tertiary/aromatic N) is 3. The summed E-state index contributed by atoms with van der Waals surface area (Å²) < 4.78 is 1.85. The molecule has 0 aliphatic heterocycles. The van der Waals surface area contributed by atoms with Crippen molar-refractivity contribution in [3.8, 4) is 5.88 Å². The molecule has 0 unspecified atom stereocenters. The third kappa shape index (κ3) is 3.00. The van der Waals surface area contributed by atoms with Crippen molar-refractivity contribution in [2.45, 2.75) is 53.4 Å². The summed E-state index contributed by atoms with van der Waals surface area (Å²) in [5.41, 5.74) is 2.74. The maximum Gasteiger partial charge on any atom is 0.230 e. The van der Waals surface area contributed by atoms with Gasteiger partial charge in [0.15, 0.2) is 5.65 Å². The minimum atomic E-state index is 0.0582. The lowest BCUT2D eigenvalue weighted by Crippen LogP contribution is -1.96. The van der Waals surface area contributed by atoms with E-state index in [4.69, 9.17) is 0 Å². The van der Waals surface area contributed by atoms with Crippen LogP contribution in [0.1, 0.15) is 57.8 Å². The van der Waals surface area contributed by atoms with Gasteiger partial charge in [0.05, 0.1) is 17.6 Å². The van der Waals surface area contributed by atoms with E-state index < -0.39 is 0 Å². The highest BCUT2D eigenvalue weighted by Gasteiger charge is 2.26. The average Bonchev–Trinajstić information content (AvgIpc) is 3.17. The molecular weight excluding hydrogens is 226 g/mol. The maximum atomic E-state index is 9.27. The molecule has 1 aliphatic carbocycles. The lowest BCUT2D eigenvalue weighted by Gasteiger charge is -2.01. The second-order valence-electron chi connectivity index (χ2n) is 3.86. The fourth-order valence-corrected chi connectivity index (χ4v) is 1.74. The molecule has 1 N–H and O–H groups in total. The molecule has 0 aromatic carbocycles. The van der Waals surface area contributed by atoms with Crippen LogP contribution in [0.3, 0.4) is 0 Å². The molecule has 0 saturated heterocycles. The van der Waals surface area contributed by atoms with Gasteiger partial charge < -0.3 is 5.11 Å². The van der Waals surface area contributed by atoms with Crippen LogP contribution in [0.5, 0.6) is 5.88 Å². The van der Waals surface area contributed by atoms with Crippen LogP contribution in [-0.4, -0.2) is 19.5 Å². The average molecular weight is 249 g/mol. The summed E-state index contributed by atoms with van der Waals surface area (Å²) in [7, 11) is 0. The molecule has 0 amide bonds. The van der Waals surface area contributed by atoms with Gasteiger partial charge in [-0.25, -0.2) is 0 Å². The highest BCUT2D eigenvalue weighted by Crippen LogP contribution is 2.39. The van der Waals surface area contributed by atoms with Crippen LogP contribution in [-0.2, 0) is 0 Å². The van der Waals surface area contributed by atoms with Crippen LogP contribution in [0.25, 0.3) is 5.65 Å².